The van der Waals surface area contributed by atoms with Crippen LogP contribution in [0.2, 0.25) is 0 Å². The molecule has 3 rings (SSSR count). The SMILES string of the molecule is CNCc1ccc(N2CCC(c3ccccc3)C2)nn1. The lowest BCUT2D eigenvalue weighted by Crippen LogP contribution is -2.21. The van der Waals surface area contributed by atoms with Crippen LogP contribution in [-0.4, -0.2) is 30.3 Å². The lowest BCUT2D eigenvalue weighted by molar-refractivity contribution is 0.756. The first kappa shape index (κ1) is 13.1. The lowest BCUT2D eigenvalue weighted by atomic mass is 9.99. The van der Waals surface area contributed by atoms with Crippen molar-refractivity contribution in [3.8, 4) is 0 Å². The monoisotopic (exact) mass is 268 g/mol. The van der Waals surface area contributed by atoms with Crippen LogP contribution in [-0.2, 0) is 6.54 Å². The quantitative estimate of drug-likeness (QED) is 0.923. The molecule has 4 heteroatoms. The first-order valence-corrected chi connectivity index (χ1v) is 7.14. The predicted molar refractivity (Wildman–Crippen MR) is 80.8 cm³/mol. The van der Waals surface area contributed by atoms with Gasteiger partial charge in [0.25, 0.3) is 0 Å². The third-order valence-electron chi connectivity index (χ3n) is 3.85. The fraction of sp³-hybridized carbons (Fsp3) is 0.375. The molecular weight excluding hydrogens is 248 g/mol. The van der Waals surface area contributed by atoms with E-state index in [4.69, 9.17) is 0 Å². The van der Waals surface area contributed by atoms with Crippen LogP contribution in [0.3, 0.4) is 0 Å². The van der Waals surface area contributed by atoms with Gasteiger partial charge >= 0.3 is 0 Å². The van der Waals surface area contributed by atoms with Crippen molar-refractivity contribution in [2.24, 2.45) is 0 Å². The molecule has 0 aliphatic carbocycles. The molecule has 1 fully saturated rings. The van der Waals surface area contributed by atoms with E-state index in [0.29, 0.717) is 5.92 Å². The fourth-order valence-corrected chi connectivity index (χ4v) is 2.76. The Morgan fingerprint density at radius 3 is 2.70 bits per heavy atom. The number of nitrogens with zero attached hydrogens (tertiary/aromatic N) is 3. The minimum atomic E-state index is 0.606. The van der Waals surface area contributed by atoms with Crippen molar-refractivity contribution < 1.29 is 0 Å². The molecule has 1 aromatic heterocycles. The second-order valence-electron chi connectivity index (χ2n) is 5.26. The van der Waals surface area contributed by atoms with Gasteiger partial charge in [-0.25, -0.2) is 0 Å². The minimum Gasteiger partial charge on any atom is -0.354 e. The first-order chi connectivity index (χ1) is 9.86. The maximum absolute atomic E-state index is 4.34. The summed E-state index contributed by atoms with van der Waals surface area (Å²) in [5.41, 5.74) is 2.41. The van der Waals surface area contributed by atoms with Gasteiger partial charge in [-0.3, -0.25) is 0 Å². The van der Waals surface area contributed by atoms with Crippen LogP contribution in [0, 0.1) is 0 Å². The van der Waals surface area contributed by atoms with Crippen molar-refractivity contribution in [2.45, 2.75) is 18.9 Å². The van der Waals surface area contributed by atoms with E-state index >= 15 is 0 Å². The van der Waals surface area contributed by atoms with E-state index in [0.717, 1.165) is 31.1 Å². The molecule has 0 spiro atoms. The first-order valence-electron chi connectivity index (χ1n) is 7.14. The van der Waals surface area contributed by atoms with E-state index in [1.165, 1.54) is 12.0 Å². The fourth-order valence-electron chi connectivity index (χ4n) is 2.76. The second-order valence-corrected chi connectivity index (χ2v) is 5.26. The summed E-state index contributed by atoms with van der Waals surface area (Å²) in [4.78, 5) is 2.33. The molecule has 1 atom stereocenters. The van der Waals surface area contributed by atoms with E-state index in [1.807, 2.05) is 7.05 Å². The van der Waals surface area contributed by atoms with Gasteiger partial charge < -0.3 is 10.2 Å². The smallest absolute Gasteiger partial charge is 0.151 e. The average Bonchev–Trinajstić information content (AvgIpc) is 2.99. The van der Waals surface area contributed by atoms with Crippen LogP contribution in [0.5, 0.6) is 0 Å². The molecule has 0 bridgehead atoms. The standard InChI is InChI=1S/C16H20N4/c1-17-11-15-7-8-16(19-18-15)20-10-9-14(12-20)13-5-3-2-4-6-13/h2-8,14,17H,9-12H2,1H3. The number of aromatic nitrogens is 2. The van der Waals surface area contributed by atoms with Crippen molar-refractivity contribution in [3.63, 3.8) is 0 Å². The Bertz CT molecular complexity index is 538. The maximum atomic E-state index is 4.34. The van der Waals surface area contributed by atoms with Crippen LogP contribution < -0.4 is 10.2 Å². The molecule has 2 heterocycles. The molecule has 1 saturated heterocycles. The van der Waals surface area contributed by atoms with Gasteiger partial charge in [0.2, 0.25) is 0 Å². The van der Waals surface area contributed by atoms with Gasteiger partial charge in [0.1, 0.15) is 0 Å². The second kappa shape index (κ2) is 6.01. The highest BCUT2D eigenvalue weighted by Gasteiger charge is 2.24. The average molecular weight is 268 g/mol. The highest BCUT2D eigenvalue weighted by atomic mass is 15.3. The Hall–Kier alpha value is -1.94. The largest absolute Gasteiger partial charge is 0.354 e. The van der Waals surface area contributed by atoms with Crippen molar-refractivity contribution in [2.75, 3.05) is 25.0 Å². The molecule has 104 valence electrons. The third kappa shape index (κ3) is 2.80. The lowest BCUT2D eigenvalue weighted by Gasteiger charge is -2.17. The zero-order chi connectivity index (χ0) is 13.8. The van der Waals surface area contributed by atoms with E-state index < -0.39 is 0 Å². The van der Waals surface area contributed by atoms with Gasteiger partial charge in [-0.05, 0) is 31.2 Å². The Kier molecular flexibility index (Phi) is 3.92. The number of rotatable bonds is 4. The molecule has 0 saturated carbocycles. The minimum absolute atomic E-state index is 0.606. The number of hydrogen-bond donors (Lipinski definition) is 1. The summed E-state index contributed by atoms with van der Waals surface area (Å²) in [7, 11) is 1.92. The van der Waals surface area contributed by atoms with Crippen LogP contribution in [0.15, 0.2) is 42.5 Å². The van der Waals surface area contributed by atoms with Gasteiger partial charge in [-0.15, -0.1) is 5.10 Å². The predicted octanol–water partition coefficient (Wildman–Crippen LogP) is 2.19. The van der Waals surface area contributed by atoms with Gasteiger partial charge in [0.15, 0.2) is 5.82 Å². The van der Waals surface area contributed by atoms with Gasteiger partial charge in [-0.1, -0.05) is 30.3 Å². The molecule has 2 aromatic rings. The molecule has 20 heavy (non-hydrogen) atoms. The highest BCUT2D eigenvalue weighted by Crippen LogP contribution is 2.29. The van der Waals surface area contributed by atoms with E-state index in [2.05, 4.69) is 62.9 Å². The van der Waals surface area contributed by atoms with E-state index in [-0.39, 0.29) is 0 Å². The molecule has 0 radical (unpaired) electrons. The molecule has 1 aliphatic heterocycles. The zero-order valence-corrected chi connectivity index (χ0v) is 11.8. The van der Waals surface area contributed by atoms with Crippen molar-refractivity contribution in [1.82, 2.24) is 15.5 Å². The van der Waals surface area contributed by atoms with E-state index in [9.17, 15) is 0 Å². The summed E-state index contributed by atoms with van der Waals surface area (Å²) in [5, 5.41) is 11.7. The van der Waals surface area contributed by atoms with Crippen molar-refractivity contribution >= 4 is 5.82 Å². The Labute approximate surface area is 119 Å². The molecule has 1 unspecified atom stereocenters. The van der Waals surface area contributed by atoms with Crippen LogP contribution in [0.1, 0.15) is 23.6 Å². The summed E-state index contributed by atoms with van der Waals surface area (Å²) >= 11 is 0. The summed E-state index contributed by atoms with van der Waals surface area (Å²) in [6.45, 7) is 2.85. The zero-order valence-electron chi connectivity index (χ0n) is 11.8. The number of benzene rings is 1. The van der Waals surface area contributed by atoms with Crippen LogP contribution in [0.4, 0.5) is 5.82 Å². The molecule has 0 amide bonds. The normalized spacial score (nSPS) is 18.4. The molecule has 1 N–H and O–H groups in total. The molecule has 1 aromatic carbocycles. The van der Waals surface area contributed by atoms with Crippen LogP contribution >= 0.6 is 0 Å². The van der Waals surface area contributed by atoms with Gasteiger partial charge in [0, 0.05) is 25.6 Å². The summed E-state index contributed by atoms with van der Waals surface area (Å²) in [5.74, 6) is 1.60. The Morgan fingerprint density at radius 2 is 2.00 bits per heavy atom. The van der Waals surface area contributed by atoms with E-state index in [1.54, 1.807) is 0 Å². The van der Waals surface area contributed by atoms with Gasteiger partial charge in [0.05, 0.1) is 5.69 Å². The third-order valence-corrected chi connectivity index (χ3v) is 3.85. The topological polar surface area (TPSA) is 41.0 Å². The van der Waals surface area contributed by atoms with Gasteiger partial charge in [-0.2, -0.15) is 5.10 Å². The number of hydrogen-bond acceptors (Lipinski definition) is 4. The highest BCUT2D eigenvalue weighted by molar-refractivity contribution is 5.40. The summed E-state index contributed by atoms with van der Waals surface area (Å²) < 4.78 is 0. The number of nitrogens with one attached hydrogen (secondary N) is 1. The number of anilines is 1. The summed E-state index contributed by atoms with van der Waals surface area (Å²) in [6.07, 6.45) is 1.18. The maximum Gasteiger partial charge on any atom is 0.151 e. The molecular formula is C16H20N4. The van der Waals surface area contributed by atoms with Crippen LogP contribution in [0.25, 0.3) is 0 Å². The Morgan fingerprint density at radius 1 is 1.15 bits per heavy atom. The Balaban J connectivity index is 1.67. The molecule has 4 nitrogen and oxygen atoms in total. The van der Waals surface area contributed by atoms with Crippen molar-refractivity contribution in [1.29, 1.82) is 0 Å². The van der Waals surface area contributed by atoms with Crippen molar-refractivity contribution in [3.05, 3.63) is 53.7 Å². The molecule has 1 aliphatic rings. The summed E-state index contributed by atoms with van der Waals surface area (Å²) in [6, 6.07) is 14.9.